The van der Waals surface area contributed by atoms with Crippen LogP contribution >= 0.6 is 0 Å². The van der Waals surface area contributed by atoms with Crippen LogP contribution in [0.25, 0.3) is 0 Å². The molecular weight excluding hydrogens is 224 g/mol. The molecule has 1 aromatic rings. The fourth-order valence-electron chi connectivity index (χ4n) is 2.57. The molecule has 100 valence electrons. The van der Waals surface area contributed by atoms with Crippen molar-refractivity contribution in [1.82, 2.24) is 0 Å². The van der Waals surface area contributed by atoms with Crippen LogP contribution < -0.4 is 15.4 Å². The molecule has 3 heteroatoms. The molecule has 2 unspecified atom stereocenters. The van der Waals surface area contributed by atoms with Gasteiger partial charge in [0.05, 0.1) is 18.0 Å². The summed E-state index contributed by atoms with van der Waals surface area (Å²) in [6.45, 7) is 9.46. The number of benzene rings is 1. The third-order valence-corrected chi connectivity index (χ3v) is 4.02. The molecule has 2 atom stereocenters. The topological polar surface area (TPSA) is 38.5 Å². The van der Waals surface area contributed by atoms with Crippen molar-refractivity contribution in [2.75, 3.05) is 30.3 Å². The highest BCUT2D eigenvalue weighted by Gasteiger charge is 2.24. The highest BCUT2D eigenvalue weighted by molar-refractivity contribution is 5.74. The van der Waals surface area contributed by atoms with E-state index in [-0.39, 0.29) is 0 Å². The van der Waals surface area contributed by atoms with Crippen LogP contribution in [0.4, 0.5) is 11.4 Å². The van der Waals surface area contributed by atoms with E-state index in [0.717, 1.165) is 36.1 Å². The standard InChI is InChI=1S/C15H24N2O/c1-4-18-14-7-5-6-13(15(14)16)17-9-8-11(2)12(3)10-17/h5-7,11-12H,4,8-10,16H2,1-3H3. The zero-order valence-electron chi connectivity index (χ0n) is 11.6. The Morgan fingerprint density at radius 2 is 2.11 bits per heavy atom. The number of ether oxygens (including phenoxy) is 1. The molecule has 1 aliphatic rings. The Kier molecular flexibility index (Phi) is 4.00. The summed E-state index contributed by atoms with van der Waals surface area (Å²) in [5, 5.41) is 0. The molecule has 1 heterocycles. The molecular formula is C15H24N2O. The number of nitrogens with two attached hydrogens (primary N) is 1. The van der Waals surface area contributed by atoms with Crippen LogP contribution in [0.2, 0.25) is 0 Å². The minimum Gasteiger partial charge on any atom is -0.492 e. The summed E-state index contributed by atoms with van der Waals surface area (Å²) in [5.74, 6) is 2.33. The average molecular weight is 248 g/mol. The summed E-state index contributed by atoms with van der Waals surface area (Å²) in [6.07, 6.45) is 1.24. The monoisotopic (exact) mass is 248 g/mol. The van der Waals surface area contributed by atoms with Crippen LogP contribution in [0.15, 0.2) is 18.2 Å². The second-order valence-electron chi connectivity index (χ2n) is 5.31. The van der Waals surface area contributed by atoms with Gasteiger partial charge < -0.3 is 15.4 Å². The Bertz CT molecular complexity index is 405. The molecule has 2 rings (SSSR count). The average Bonchev–Trinajstić information content (AvgIpc) is 2.36. The van der Waals surface area contributed by atoms with Crippen molar-refractivity contribution in [2.45, 2.75) is 27.2 Å². The Labute approximate surface area is 110 Å². The number of nitrogens with zero attached hydrogens (tertiary/aromatic N) is 1. The van der Waals surface area contributed by atoms with Crippen molar-refractivity contribution in [2.24, 2.45) is 11.8 Å². The van der Waals surface area contributed by atoms with E-state index in [2.05, 4.69) is 24.8 Å². The maximum atomic E-state index is 6.21. The number of anilines is 2. The first-order valence-electron chi connectivity index (χ1n) is 6.89. The lowest BCUT2D eigenvalue weighted by atomic mass is 9.88. The van der Waals surface area contributed by atoms with Gasteiger partial charge in [0.25, 0.3) is 0 Å². The molecule has 0 saturated carbocycles. The molecule has 0 bridgehead atoms. The second-order valence-corrected chi connectivity index (χ2v) is 5.31. The van der Waals surface area contributed by atoms with Gasteiger partial charge in [-0.3, -0.25) is 0 Å². The van der Waals surface area contributed by atoms with Gasteiger partial charge in [-0.25, -0.2) is 0 Å². The summed E-state index contributed by atoms with van der Waals surface area (Å²) in [4.78, 5) is 2.39. The van der Waals surface area contributed by atoms with Crippen LogP contribution in [0.5, 0.6) is 5.75 Å². The van der Waals surface area contributed by atoms with E-state index >= 15 is 0 Å². The largest absolute Gasteiger partial charge is 0.492 e. The van der Waals surface area contributed by atoms with E-state index in [0.29, 0.717) is 12.5 Å². The Balaban J connectivity index is 2.20. The first-order valence-corrected chi connectivity index (χ1v) is 6.89. The Morgan fingerprint density at radius 1 is 1.33 bits per heavy atom. The molecule has 0 spiro atoms. The number of rotatable bonds is 3. The fraction of sp³-hybridized carbons (Fsp3) is 0.600. The number of para-hydroxylation sites is 1. The van der Waals surface area contributed by atoms with Crippen LogP contribution in [-0.4, -0.2) is 19.7 Å². The minimum absolute atomic E-state index is 0.654. The lowest BCUT2D eigenvalue weighted by Crippen LogP contribution is -2.38. The predicted octanol–water partition coefficient (Wildman–Crippen LogP) is 3.15. The summed E-state index contributed by atoms with van der Waals surface area (Å²) < 4.78 is 5.56. The van der Waals surface area contributed by atoms with Crippen LogP contribution in [0.1, 0.15) is 27.2 Å². The van der Waals surface area contributed by atoms with Gasteiger partial charge in [-0.1, -0.05) is 19.9 Å². The highest BCUT2D eigenvalue weighted by Crippen LogP contribution is 2.35. The van der Waals surface area contributed by atoms with E-state index in [1.807, 2.05) is 19.1 Å². The fourth-order valence-corrected chi connectivity index (χ4v) is 2.57. The summed E-state index contributed by atoms with van der Waals surface area (Å²) >= 11 is 0. The lowest BCUT2D eigenvalue weighted by Gasteiger charge is -2.37. The van der Waals surface area contributed by atoms with Crippen molar-refractivity contribution in [3.63, 3.8) is 0 Å². The molecule has 3 nitrogen and oxygen atoms in total. The Morgan fingerprint density at radius 3 is 2.78 bits per heavy atom. The van der Waals surface area contributed by atoms with Gasteiger partial charge in [0, 0.05) is 13.1 Å². The van der Waals surface area contributed by atoms with E-state index in [1.54, 1.807) is 0 Å². The molecule has 1 aromatic carbocycles. The third kappa shape index (κ3) is 2.55. The van der Waals surface area contributed by atoms with E-state index in [9.17, 15) is 0 Å². The predicted molar refractivity (Wildman–Crippen MR) is 77.2 cm³/mol. The van der Waals surface area contributed by atoms with Gasteiger partial charge >= 0.3 is 0 Å². The molecule has 0 aliphatic carbocycles. The summed E-state index contributed by atoms with van der Waals surface area (Å²) in [6, 6.07) is 6.07. The van der Waals surface area contributed by atoms with Gasteiger partial charge in [0.15, 0.2) is 0 Å². The molecule has 0 radical (unpaired) electrons. The molecule has 2 N–H and O–H groups in total. The SMILES string of the molecule is CCOc1cccc(N2CCC(C)C(C)C2)c1N. The molecule has 1 aliphatic heterocycles. The van der Waals surface area contributed by atoms with Crippen LogP contribution in [0, 0.1) is 11.8 Å². The van der Waals surface area contributed by atoms with Crippen molar-refractivity contribution in [3.05, 3.63) is 18.2 Å². The van der Waals surface area contributed by atoms with Crippen molar-refractivity contribution >= 4 is 11.4 Å². The lowest BCUT2D eigenvalue weighted by molar-refractivity contribution is 0.323. The van der Waals surface area contributed by atoms with Gasteiger partial charge in [-0.05, 0) is 37.3 Å². The van der Waals surface area contributed by atoms with E-state index < -0.39 is 0 Å². The number of nitrogen functional groups attached to an aromatic ring is 1. The number of piperidine rings is 1. The zero-order valence-corrected chi connectivity index (χ0v) is 11.6. The third-order valence-electron chi connectivity index (χ3n) is 4.02. The van der Waals surface area contributed by atoms with Crippen molar-refractivity contribution in [1.29, 1.82) is 0 Å². The molecule has 18 heavy (non-hydrogen) atoms. The smallest absolute Gasteiger partial charge is 0.144 e. The first kappa shape index (κ1) is 13.1. The summed E-state index contributed by atoms with van der Waals surface area (Å²) in [7, 11) is 0. The van der Waals surface area contributed by atoms with Gasteiger partial charge in [-0.15, -0.1) is 0 Å². The molecule has 1 fully saturated rings. The number of hydrogen-bond acceptors (Lipinski definition) is 3. The van der Waals surface area contributed by atoms with Crippen molar-refractivity contribution < 1.29 is 4.74 Å². The van der Waals surface area contributed by atoms with E-state index in [4.69, 9.17) is 10.5 Å². The molecule has 0 amide bonds. The number of hydrogen-bond donors (Lipinski definition) is 1. The van der Waals surface area contributed by atoms with Gasteiger partial charge in [0.1, 0.15) is 5.75 Å². The Hall–Kier alpha value is -1.38. The second kappa shape index (κ2) is 5.51. The minimum atomic E-state index is 0.654. The quantitative estimate of drug-likeness (QED) is 0.835. The summed E-state index contributed by atoms with van der Waals surface area (Å²) in [5.41, 5.74) is 8.12. The normalized spacial score (nSPS) is 24.1. The maximum Gasteiger partial charge on any atom is 0.144 e. The highest BCUT2D eigenvalue weighted by atomic mass is 16.5. The van der Waals surface area contributed by atoms with Gasteiger partial charge in [0.2, 0.25) is 0 Å². The van der Waals surface area contributed by atoms with Crippen molar-refractivity contribution in [3.8, 4) is 5.75 Å². The van der Waals surface area contributed by atoms with Crippen LogP contribution in [-0.2, 0) is 0 Å². The molecule has 0 aromatic heterocycles. The van der Waals surface area contributed by atoms with Crippen LogP contribution in [0.3, 0.4) is 0 Å². The molecule has 1 saturated heterocycles. The van der Waals surface area contributed by atoms with Gasteiger partial charge in [-0.2, -0.15) is 0 Å². The zero-order chi connectivity index (χ0) is 13.1. The first-order chi connectivity index (χ1) is 8.63. The van der Waals surface area contributed by atoms with E-state index in [1.165, 1.54) is 6.42 Å². The maximum absolute atomic E-state index is 6.21.